The fourth-order valence-electron chi connectivity index (χ4n) is 3.25. The summed E-state index contributed by atoms with van der Waals surface area (Å²) in [4.78, 5) is 0. The Bertz CT molecular complexity index is 442. The van der Waals surface area contributed by atoms with Gasteiger partial charge < -0.3 is 15.2 Å². The lowest BCUT2D eigenvalue weighted by molar-refractivity contribution is -0.0263. The molecule has 1 aliphatic carbocycles. The number of rotatable bonds is 5. The number of aromatic nitrogens is 2. The van der Waals surface area contributed by atoms with Crippen LogP contribution in [0.2, 0.25) is 0 Å². The van der Waals surface area contributed by atoms with Gasteiger partial charge in [-0.2, -0.15) is 5.10 Å². The van der Waals surface area contributed by atoms with E-state index in [1.807, 2.05) is 6.92 Å². The molecule has 2 fully saturated rings. The van der Waals surface area contributed by atoms with Crippen molar-refractivity contribution in [3.8, 4) is 0 Å². The summed E-state index contributed by atoms with van der Waals surface area (Å²) >= 11 is 0. The number of aliphatic hydroxyl groups is 1. The van der Waals surface area contributed by atoms with Crippen LogP contribution in [0.25, 0.3) is 0 Å². The molecular formula is C15H25N3O2. The molecule has 1 aromatic heterocycles. The van der Waals surface area contributed by atoms with Crippen molar-refractivity contribution in [1.29, 1.82) is 0 Å². The zero-order valence-corrected chi connectivity index (χ0v) is 12.2. The second-order valence-corrected chi connectivity index (χ2v) is 6.20. The van der Waals surface area contributed by atoms with Gasteiger partial charge in [-0.15, -0.1) is 0 Å². The van der Waals surface area contributed by atoms with E-state index in [4.69, 9.17) is 4.74 Å². The van der Waals surface area contributed by atoms with E-state index in [1.54, 1.807) is 0 Å². The third kappa shape index (κ3) is 2.90. The molecule has 2 N–H and O–H groups in total. The van der Waals surface area contributed by atoms with Crippen LogP contribution in [0.3, 0.4) is 0 Å². The van der Waals surface area contributed by atoms with Crippen molar-refractivity contribution in [3.63, 3.8) is 0 Å². The molecule has 0 amide bonds. The standard InChI is InChI=1S/C15H25N3O2/c1-12-15(19,7-9-20-12)11-16-10-13-6-8-18(17-13)14-4-2-3-5-14/h6,8,12,14,16,19H,2-5,7,9-11H2,1H3. The zero-order valence-electron chi connectivity index (χ0n) is 12.2. The van der Waals surface area contributed by atoms with E-state index in [0.717, 1.165) is 5.69 Å². The highest BCUT2D eigenvalue weighted by Crippen LogP contribution is 2.28. The predicted molar refractivity (Wildman–Crippen MR) is 76.4 cm³/mol. The topological polar surface area (TPSA) is 59.3 Å². The largest absolute Gasteiger partial charge is 0.386 e. The first-order valence-corrected chi connectivity index (χ1v) is 7.76. The van der Waals surface area contributed by atoms with Gasteiger partial charge in [0.15, 0.2) is 0 Å². The monoisotopic (exact) mass is 279 g/mol. The van der Waals surface area contributed by atoms with Crippen LogP contribution in [-0.2, 0) is 11.3 Å². The molecule has 0 aromatic carbocycles. The Balaban J connectivity index is 1.49. The Hall–Kier alpha value is -0.910. The molecule has 1 saturated carbocycles. The van der Waals surface area contributed by atoms with Gasteiger partial charge in [0.25, 0.3) is 0 Å². The highest BCUT2D eigenvalue weighted by molar-refractivity contribution is 5.01. The quantitative estimate of drug-likeness (QED) is 0.860. The van der Waals surface area contributed by atoms with Crippen LogP contribution in [0.15, 0.2) is 12.3 Å². The lowest BCUT2D eigenvalue weighted by Gasteiger charge is -2.26. The summed E-state index contributed by atoms with van der Waals surface area (Å²) in [5.74, 6) is 0. The van der Waals surface area contributed by atoms with Crippen molar-refractivity contribution >= 4 is 0 Å². The van der Waals surface area contributed by atoms with Gasteiger partial charge in [-0.1, -0.05) is 12.8 Å². The molecule has 0 bridgehead atoms. The Morgan fingerprint density at radius 2 is 2.30 bits per heavy atom. The normalized spacial score (nSPS) is 31.2. The Kier molecular flexibility index (Phi) is 4.10. The first-order chi connectivity index (χ1) is 9.67. The Labute approximate surface area is 120 Å². The highest BCUT2D eigenvalue weighted by atomic mass is 16.5. The first kappa shape index (κ1) is 14.0. The van der Waals surface area contributed by atoms with E-state index in [1.165, 1.54) is 25.7 Å². The average Bonchev–Trinajstić information content (AvgIpc) is 3.13. The van der Waals surface area contributed by atoms with Crippen molar-refractivity contribution in [2.45, 2.75) is 63.3 Å². The summed E-state index contributed by atoms with van der Waals surface area (Å²) in [6, 6.07) is 2.67. The summed E-state index contributed by atoms with van der Waals surface area (Å²) in [6.45, 7) is 3.85. The van der Waals surface area contributed by atoms with Crippen LogP contribution in [0.1, 0.15) is 50.8 Å². The molecule has 2 atom stereocenters. The molecule has 1 saturated heterocycles. The minimum Gasteiger partial charge on any atom is -0.386 e. The summed E-state index contributed by atoms with van der Waals surface area (Å²) in [5, 5.41) is 18.4. The molecule has 5 nitrogen and oxygen atoms in total. The van der Waals surface area contributed by atoms with E-state index < -0.39 is 5.60 Å². The van der Waals surface area contributed by atoms with Gasteiger partial charge in [0.05, 0.1) is 17.8 Å². The van der Waals surface area contributed by atoms with E-state index in [-0.39, 0.29) is 6.10 Å². The minimum absolute atomic E-state index is 0.0916. The maximum absolute atomic E-state index is 10.4. The number of ether oxygens (including phenoxy) is 1. The van der Waals surface area contributed by atoms with Gasteiger partial charge in [0.2, 0.25) is 0 Å². The molecule has 1 aromatic rings. The molecular weight excluding hydrogens is 254 g/mol. The lowest BCUT2D eigenvalue weighted by atomic mass is 9.97. The van der Waals surface area contributed by atoms with E-state index in [9.17, 15) is 5.11 Å². The van der Waals surface area contributed by atoms with Crippen molar-refractivity contribution < 1.29 is 9.84 Å². The Morgan fingerprint density at radius 1 is 1.50 bits per heavy atom. The predicted octanol–water partition coefficient (Wildman–Crippen LogP) is 1.63. The Morgan fingerprint density at radius 3 is 3.00 bits per heavy atom. The third-order valence-electron chi connectivity index (χ3n) is 4.76. The molecule has 3 rings (SSSR count). The molecule has 0 spiro atoms. The van der Waals surface area contributed by atoms with Crippen LogP contribution in [0.4, 0.5) is 0 Å². The maximum Gasteiger partial charge on any atom is 0.105 e. The van der Waals surface area contributed by atoms with Crippen LogP contribution in [0, 0.1) is 0 Å². The minimum atomic E-state index is -0.728. The van der Waals surface area contributed by atoms with E-state index >= 15 is 0 Å². The lowest BCUT2D eigenvalue weighted by Crippen LogP contribution is -2.45. The molecule has 1 aliphatic heterocycles. The number of nitrogens with one attached hydrogen (secondary N) is 1. The highest BCUT2D eigenvalue weighted by Gasteiger charge is 2.38. The molecule has 2 heterocycles. The second-order valence-electron chi connectivity index (χ2n) is 6.20. The van der Waals surface area contributed by atoms with E-state index in [0.29, 0.717) is 32.2 Å². The molecule has 5 heteroatoms. The fourth-order valence-corrected chi connectivity index (χ4v) is 3.25. The molecule has 20 heavy (non-hydrogen) atoms. The molecule has 2 unspecified atom stereocenters. The van der Waals surface area contributed by atoms with Crippen LogP contribution >= 0.6 is 0 Å². The van der Waals surface area contributed by atoms with Crippen molar-refractivity contribution in [1.82, 2.24) is 15.1 Å². The molecule has 0 radical (unpaired) electrons. The van der Waals surface area contributed by atoms with Gasteiger partial charge in [-0.25, -0.2) is 0 Å². The van der Waals surface area contributed by atoms with Gasteiger partial charge in [-0.3, -0.25) is 4.68 Å². The number of hydrogen-bond acceptors (Lipinski definition) is 4. The van der Waals surface area contributed by atoms with Crippen molar-refractivity contribution in [2.75, 3.05) is 13.2 Å². The average molecular weight is 279 g/mol. The summed E-state index contributed by atoms with van der Waals surface area (Å²) in [5.41, 5.74) is 0.320. The molecule has 2 aliphatic rings. The SMILES string of the molecule is CC1OCCC1(O)CNCc1ccn(C2CCCC2)n1. The first-order valence-electron chi connectivity index (χ1n) is 7.76. The summed E-state index contributed by atoms with van der Waals surface area (Å²) < 4.78 is 7.54. The van der Waals surface area contributed by atoms with Crippen LogP contribution in [-0.4, -0.2) is 39.7 Å². The van der Waals surface area contributed by atoms with Crippen LogP contribution in [0.5, 0.6) is 0 Å². The zero-order chi connectivity index (χ0) is 14.0. The van der Waals surface area contributed by atoms with Gasteiger partial charge >= 0.3 is 0 Å². The smallest absolute Gasteiger partial charge is 0.105 e. The fraction of sp³-hybridized carbons (Fsp3) is 0.800. The second kappa shape index (κ2) is 5.84. The van der Waals surface area contributed by atoms with Gasteiger partial charge in [-0.05, 0) is 25.8 Å². The van der Waals surface area contributed by atoms with E-state index in [2.05, 4.69) is 27.4 Å². The van der Waals surface area contributed by atoms with Crippen LogP contribution < -0.4 is 5.32 Å². The third-order valence-corrected chi connectivity index (χ3v) is 4.76. The van der Waals surface area contributed by atoms with Crippen molar-refractivity contribution in [3.05, 3.63) is 18.0 Å². The summed E-state index contributed by atoms with van der Waals surface area (Å²) in [6.07, 6.45) is 7.85. The maximum atomic E-state index is 10.4. The van der Waals surface area contributed by atoms with Gasteiger partial charge in [0, 0.05) is 32.3 Å². The number of nitrogens with zero attached hydrogens (tertiary/aromatic N) is 2. The number of hydrogen-bond donors (Lipinski definition) is 2. The molecule has 112 valence electrons. The van der Waals surface area contributed by atoms with Gasteiger partial charge in [0.1, 0.15) is 5.60 Å². The summed E-state index contributed by atoms with van der Waals surface area (Å²) in [7, 11) is 0. The van der Waals surface area contributed by atoms with Crippen molar-refractivity contribution in [2.24, 2.45) is 0 Å².